The van der Waals surface area contributed by atoms with E-state index in [-0.39, 0.29) is 0 Å². The molecule has 0 heterocycles. The minimum Gasteiger partial charge on any atom is -0.317 e. The lowest BCUT2D eigenvalue weighted by Gasteiger charge is -2.07. The Morgan fingerprint density at radius 1 is 1.15 bits per heavy atom. The van der Waals surface area contributed by atoms with Crippen molar-refractivity contribution in [2.45, 2.75) is 45.6 Å². The molecule has 0 unspecified atom stereocenters. The Morgan fingerprint density at radius 3 is 2.54 bits per heavy atom. The molecule has 1 aliphatic carbocycles. The van der Waals surface area contributed by atoms with Crippen LogP contribution in [0, 0.1) is 5.92 Å². The fourth-order valence-electron chi connectivity index (χ4n) is 1.32. The molecule has 2 N–H and O–H groups in total. The molecule has 2 heteroatoms. The average Bonchev–Trinajstić information content (AvgIpc) is 2.86. The summed E-state index contributed by atoms with van der Waals surface area (Å²) in [6, 6.07) is 0.871. The molecule has 0 bridgehead atoms. The van der Waals surface area contributed by atoms with Crippen molar-refractivity contribution >= 4 is 0 Å². The van der Waals surface area contributed by atoms with Crippen LogP contribution in [-0.4, -0.2) is 25.7 Å². The van der Waals surface area contributed by atoms with Crippen molar-refractivity contribution in [1.29, 1.82) is 0 Å². The van der Waals surface area contributed by atoms with Gasteiger partial charge in [0.15, 0.2) is 0 Å². The highest BCUT2D eigenvalue weighted by Gasteiger charge is 2.19. The molecule has 0 spiro atoms. The fraction of sp³-hybridized carbons (Fsp3) is 1.00. The molecule has 0 saturated heterocycles. The molecular weight excluding hydrogens is 160 g/mol. The second-order valence-corrected chi connectivity index (χ2v) is 4.51. The van der Waals surface area contributed by atoms with E-state index in [4.69, 9.17) is 0 Å². The first-order valence-corrected chi connectivity index (χ1v) is 5.73. The van der Waals surface area contributed by atoms with Crippen LogP contribution in [0.2, 0.25) is 0 Å². The van der Waals surface area contributed by atoms with Crippen molar-refractivity contribution in [2.75, 3.05) is 19.6 Å². The maximum Gasteiger partial charge on any atom is 0.00682 e. The molecule has 0 aromatic carbocycles. The van der Waals surface area contributed by atoms with E-state index < -0.39 is 0 Å². The summed E-state index contributed by atoms with van der Waals surface area (Å²) in [5.41, 5.74) is 0. The van der Waals surface area contributed by atoms with Crippen LogP contribution in [0.25, 0.3) is 0 Å². The zero-order chi connectivity index (χ0) is 9.52. The van der Waals surface area contributed by atoms with Crippen molar-refractivity contribution in [3.63, 3.8) is 0 Å². The third-order valence-electron chi connectivity index (χ3n) is 2.44. The summed E-state index contributed by atoms with van der Waals surface area (Å²) in [6.07, 6.45) is 5.38. The molecule has 1 saturated carbocycles. The van der Waals surface area contributed by atoms with Crippen molar-refractivity contribution in [2.24, 2.45) is 5.92 Å². The molecule has 2 nitrogen and oxygen atoms in total. The molecule has 0 aliphatic heterocycles. The van der Waals surface area contributed by atoms with Gasteiger partial charge in [0, 0.05) is 6.04 Å². The van der Waals surface area contributed by atoms with Gasteiger partial charge in [-0.3, -0.25) is 0 Å². The van der Waals surface area contributed by atoms with Crippen molar-refractivity contribution in [3.8, 4) is 0 Å². The normalized spacial score (nSPS) is 16.8. The van der Waals surface area contributed by atoms with Gasteiger partial charge in [0.2, 0.25) is 0 Å². The lowest BCUT2D eigenvalue weighted by molar-refractivity contribution is 0.523. The summed E-state index contributed by atoms with van der Waals surface area (Å²) in [5, 5.41) is 6.99. The molecule has 13 heavy (non-hydrogen) atoms. The summed E-state index contributed by atoms with van der Waals surface area (Å²) < 4.78 is 0. The van der Waals surface area contributed by atoms with Gasteiger partial charge in [0.1, 0.15) is 0 Å². The van der Waals surface area contributed by atoms with Gasteiger partial charge in [-0.15, -0.1) is 0 Å². The number of nitrogens with one attached hydrogen (secondary N) is 2. The van der Waals surface area contributed by atoms with Gasteiger partial charge in [-0.1, -0.05) is 13.8 Å². The fourth-order valence-corrected chi connectivity index (χ4v) is 1.32. The third-order valence-corrected chi connectivity index (χ3v) is 2.44. The van der Waals surface area contributed by atoms with E-state index in [1.807, 2.05) is 0 Å². The van der Waals surface area contributed by atoms with Crippen LogP contribution in [0.5, 0.6) is 0 Å². The van der Waals surface area contributed by atoms with Crippen LogP contribution in [0.3, 0.4) is 0 Å². The summed E-state index contributed by atoms with van der Waals surface area (Å²) >= 11 is 0. The molecule has 78 valence electrons. The maximum absolute atomic E-state index is 3.52. The lowest BCUT2D eigenvalue weighted by Crippen LogP contribution is -2.24. The number of hydrogen-bond acceptors (Lipinski definition) is 2. The zero-order valence-corrected chi connectivity index (χ0v) is 9.10. The zero-order valence-electron chi connectivity index (χ0n) is 9.10. The standard InChI is InChI=1S/C11H24N2/c1-10(2)6-9-12-7-3-8-13-11-4-5-11/h10-13H,3-9H2,1-2H3. The Balaban J connectivity index is 1.68. The first-order chi connectivity index (χ1) is 6.29. The molecule has 0 radical (unpaired) electrons. The van der Waals surface area contributed by atoms with Crippen LogP contribution in [0.4, 0.5) is 0 Å². The van der Waals surface area contributed by atoms with Crippen LogP contribution >= 0.6 is 0 Å². The highest BCUT2D eigenvalue weighted by atomic mass is 14.9. The molecule has 1 rings (SSSR count). The second-order valence-electron chi connectivity index (χ2n) is 4.51. The highest BCUT2D eigenvalue weighted by molar-refractivity contribution is 4.80. The summed E-state index contributed by atoms with van der Waals surface area (Å²) in [7, 11) is 0. The predicted molar refractivity (Wildman–Crippen MR) is 58.0 cm³/mol. The van der Waals surface area contributed by atoms with Crippen LogP contribution in [0.1, 0.15) is 39.5 Å². The van der Waals surface area contributed by atoms with Crippen LogP contribution in [0.15, 0.2) is 0 Å². The Bertz CT molecular complexity index is 113. The molecule has 0 aromatic rings. The van der Waals surface area contributed by atoms with E-state index in [1.54, 1.807) is 0 Å². The smallest absolute Gasteiger partial charge is 0.00682 e. The predicted octanol–water partition coefficient (Wildman–Crippen LogP) is 1.76. The summed E-state index contributed by atoms with van der Waals surface area (Å²) in [5.74, 6) is 0.831. The monoisotopic (exact) mass is 184 g/mol. The highest BCUT2D eigenvalue weighted by Crippen LogP contribution is 2.18. The maximum atomic E-state index is 3.52. The van der Waals surface area contributed by atoms with Crippen molar-refractivity contribution < 1.29 is 0 Å². The summed E-state index contributed by atoms with van der Waals surface area (Å²) in [6.45, 7) is 8.10. The topological polar surface area (TPSA) is 24.1 Å². The third kappa shape index (κ3) is 7.03. The number of hydrogen-bond donors (Lipinski definition) is 2. The van der Waals surface area contributed by atoms with E-state index in [9.17, 15) is 0 Å². The van der Waals surface area contributed by atoms with Gasteiger partial charge in [-0.2, -0.15) is 0 Å². The first kappa shape index (κ1) is 11.0. The molecule has 1 aliphatic rings. The summed E-state index contributed by atoms with van der Waals surface area (Å²) in [4.78, 5) is 0. The van der Waals surface area contributed by atoms with Gasteiger partial charge in [0.05, 0.1) is 0 Å². The number of rotatable bonds is 8. The van der Waals surface area contributed by atoms with Crippen LogP contribution in [-0.2, 0) is 0 Å². The Kier molecular flexibility index (Phi) is 5.40. The van der Waals surface area contributed by atoms with E-state index in [2.05, 4.69) is 24.5 Å². The molecule has 0 atom stereocenters. The van der Waals surface area contributed by atoms with E-state index in [0.717, 1.165) is 12.0 Å². The van der Waals surface area contributed by atoms with Gasteiger partial charge >= 0.3 is 0 Å². The van der Waals surface area contributed by atoms with Gasteiger partial charge in [0.25, 0.3) is 0 Å². The molecule has 0 aromatic heterocycles. The Hall–Kier alpha value is -0.0800. The van der Waals surface area contributed by atoms with E-state index in [0.29, 0.717) is 0 Å². The second kappa shape index (κ2) is 6.39. The van der Waals surface area contributed by atoms with Gasteiger partial charge in [-0.25, -0.2) is 0 Å². The lowest BCUT2D eigenvalue weighted by atomic mass is 10.1. The molecular formula is C11H24N2. The Labute approximate surface area is 82.5 Å². The van der Waals surface area contributed by atoms with Crippen molar-refractivity contribution in [1.82, 2.24) is 10.6 Å². The largest absolute Gasteiger partial charge is 0.317 e. The van der Waals surface area contributed by atoms with Crippen molar-refractivity contribution in [3.05, 3.63) is 0 Å². The van der Waals surface area contributed by atoms with Crippen LogP contribution < -0.4 is 10.6 Å². The SMILES string of the molecule is CC(C)CCNCCCNC1CC1. The quantitative estimate of drug-likeness (QED) is 0.562. The average molecular weight is 184 g/mol. The Morgan fingerprint density at radius 2 is 1.92 bits per heavy atom. The van der Waals surface area contributed by atoms with E-state index in [1.165, 1.54) is 45.3 Å². The van der Waals surface area contributed by atoms with E-state index >= 15 is 0 Å². The molecule has 0 amide bonds. The van der Waals surface area contributed by atoms with Gasteiger partial charge < -0.3 is 10.6 Å². The molecule has 1 fully saturated rings. The first-order valence-electron chi connectivity index (χ1n) is 5.73. The van der Waals surface area contributed by atoms with Gasteiger partial charge in [-0.05, 0) is 51.2 Å². The minimum atomic E-state index is 0.831. The minimum absolute atomic E-state index is 0.831.